The maximum atomic E-state index is 11.2. The number of nitrogen functional groups attached to an aromatic ring is 1. The molecule has 1 aromatic rings. The fourth-order valence-electron chi connectivity index (χ4n) is 0.990. The smallest absolute Gasteiger partial charge is 0.223 e. The first-order chi connectivity index (χ1) is 7.09. The lowest BCUT2D eigenvalue weighted by atomic mass is 10.4. The van der Waals surface area contributed by atoms with Gasteiger partial charge in [-0.1, -0.05) is 0 Å². The molecule has 0 spiro atoms. The molecule has 0 fully saturated rings. The maximum absolute atomic E-state index is 11.2. The van der Waals surface area contributed by atoms with Crippen LogP contribution in [0.5, 0.6) is 0 Å². The zero-order chi connectivity index (χ0) is 11.3. The topological polar surface area (TPSA) is 84.1 Å². The molecule has 0 aliphatic heterocycles. The molecule has 0 radical (unpaired) electrons. The second-order valence-electron chi connectivity index (χ2n) is 3.29. The number of nitrogens with two attached hydrogens (primary N) is 1. The van der Waals surface area contributed by atoms with Gasteiger partial charge in [-0.2, -0.15) is 0 Å². The van der Waals surface area contributed by atoms with Gasteiger partial charge in [-0.3, -0.25) is 4.79 Å². The van der Waals surface area contributed by atoms with Crippen LogP contribution < -0.4 is 11.1 Å². The first-order valence-corrected chi connectivity index (χ1v) is 4.61. The molecule has 0 unspecified atom stereocenters. The first kappa shape index (κ1) is 11.2. The lowest BCUT2D eigenvalue weighted by molar-refractivity contribution is -0.128. The van der Waals surface area contributed by atoms with E-state index in [1.54, 1.807) is 25.1 Å². The molecule has 0 saturated heterocycles. The molecular formula is C9H15N5O. The largest absolute Gasteiger partial charge is 0.384 e. The van der Waals surface area contributed by atoms with Gasteiger partial charge in [-0.05, 0) is 0 Å². The van der Waals surface area contributed by atoms with Crippen LogP contribution in [0.15, 0.2) is 12.4 Å². The Labute approximate surface area is 88.5 Å². The van der Waals surface area contributed by atoms with Gasteiger partial charge in [0.2, 0.25) is 5.91 Å². The van der Waals surface area contributed by atoms with Crippen LogP contribution >= 0.6 is 0 Å². The Kier molecular flexibility index (Phi) is 3.84. The summed E-state index contributed by atoms with van der Waals surface area (Å²) in [5.41, 5.74) is 5.47. The van der Waals surface area contributed by atoms with E-state index in [9.17, 15) is 4.79 Å². The number of nitrogens with zero attached hydrogens (tertiary/aromatic N) is 3. The van der Waals surface area contributed by atoms with Crippen molar-refractivity contribution in [3.05, 3.63) is 12.4 Å². The van der Waals surface area contributed by atoms with E-state index in [1.165, 1.54) is 6.33 Å². The molecule has 6 heteroatoms. The minimum atomic E-state index is 0.0736. The minimum absolute atomic E-state index is 0.0736. The van der Waals surface area contributed by atoms with Crippen LogP contribution in [0, 0.1) is 0 Å². The molecule has 15 heavy (non-hydrogen) atoms. The zero-order valence-electron chi connectivity index (χ0n) is 8.90. The summed E-state index contributed by atoms with van der Waals surface area (Å²) < 4.78 is 0. The van der Waals surface area contributed by atoms with Crippen molar-refractivity contribution in [1.29, 1.82) is 0 Å². The highest BCUT2D eigenvalue weighted by Crippen LogP contribution is 2.04. The van der Waals surface area contributed by atoms with E-state index in [0.29, 0.717) is 24.6 Å². The zero-order valence-corrected chi connectivity index (χ0v) is 8.90. The fourth-order valence-corrected chi connectivity index (χ4v) is 0.990. The molecular weight excluding hydrogens is 194 g/mol. The third-order valence-corrected chi connectivity index (χ3v) is 1.83. The average molecular weight is 209 g/mol. The molecule has 0 saturated carbocycles. The summed E-state index contributed by atoms with van der Waals surface area (Å²) in [6.45, 7) is 0.535. The van der Waals surface area contributed by atoms with Crippen LogP contribution in [0.1, 0.15) is 6.42 Å². The number of anilines is 2. The lowest BCUT2D eigenvalue weighted by Gasteiger charge is -2.10. The highest BCUT2D eigenvalue weighted by atomic mass is 16.2. The Morgan fingerprint density at radius 3 is 2.87 bits per heavy atom. The highest BCUT2D eigenvalue weighted by molar-refractivity contribution is 5.76. The average Bonchev–Trinajstić information content (AvgIpc) is 2.17. The second-order valence-corrected chi connectivity index (χ2v) is 3.29. The van der Waals surface area contributed by atoms with E-state index < -0.39 is 0 Å². The van der Waals surface area contributed by atoms with E-state index in [1.807, 2.05) is 0 Å². The molecule has 0 atom stereocenters. The molecule has 82 valence electrons. The standard InChI is InChI=1S/C9H15N5O/c1-14(2)9(15)3-4-11-8-5-7(10)12-6-13-8/h5-6H,3-4H2,1-2H3,(H3,10,11,12,13). The molecule has 3 N–H and O–H groups in total. The molecule has 1 heterocycles. The molecule has 0 aromatic carbocycles. The lowest BCUT2D eigenvalue weighted by Crippen LogP contribution is -2.24. The van der Waals surface area contributed by atoms with Crippen molar-refractivity contribution in [2.24, 2.45) is 0 Å². The van der Waals surface area contributed by atoms with Crippen LogP contribution in [0.4, 0.5) is 11.6 Å². The Morgan fingerprint density at radius 2 is 2.27 bits per heavy atom. The Morgan fingerprint density at radius 1 is 1.53 bits per heavy atom. The van der Waals surface area contributed by atoms with Gasteiger partial charge < -0.3 is 16.0 Å². The van der Waals surface area contributed by atoms with Gasteiger partial charge >= 0.3 is 0 Å². The number of amides is 1. The van der Waals surface area contributed by atoms with E-state index in [2.05, 4.69) is 15.3 Å². The number of hydrogen-bond donors (Lipinski definition) is 2. The maximum Gasteiger partial charge on any atom is 0.223 e. The third kappa shape index (κ3) is 3.80. The summed E-state index contributed by atoms with van der Waals surface area (Å²) in [6, 6.07) is 1.63. The number of hydrogen-bond acceptors (Lipinski definition) is 5. The van der Waals surface area contributed by atoms with Crippen LogP contribution in [0.3, 0.4) is 0 Å². The molecule has 1 aromatic heterocycles. The molecule has 6 nitrogen and oxygen atoms in total. The van der Waals surface area contributed by atoms with Gasteiger partial charge in [0.05, 0.1) is 0 Å². The van der Waals surface area contributed by atoms with Crippen LogP contribution in [0.25, 0.3) is 0 Å². The summed E-state index contributed by atoms with van der Waals surface area (Å²) in [7, 11) is 3.45. The second kappa shape index (κ2) is 5.14. The minimum Gasteiger partial charge on any atom is -0.384 e. The highest BCUT2D eigenvalue weighted by Gasteiger charge is 2.03. The van der Waals surface area contributed by atoms with Gasteiger partial charge in [0.15, 0.2) is 0 Å². The quantitative estimate of drug-likeness (QED) is 0.726. The van der Waals surface area contributed by atoms with Crippen LogP contribution in [-0.4, -0.2) is 41.4 Å². The fraction of sp³-hybridized carbons (Fsp3) is 0.444. The molecule has 0 bridgehead atoms. The number of carbonyl (C=O) groups excluding carboxylic acids is 1. The molecule has 0 aliphatic rings. The summed E-state index contributed by atoms with van der Waals surface area (Å²) >= 11 is 0. The summed E-state index contributed by atoms with van der Waals surface area (Å²) in [5.74, 6) is 1.12. The van der Waals surface area contributed by atoms with Crippen molar-refractivity contribution in [1.82, 2.24) is 14.9 Å². The first-order valence-electron chi connectivity index (χ1n) is 4.61. The van der Waals surface area contributed by atoms with E-state index in [-0.39, 0.29) is 5.91 Å². The van der Waals surface area contributed by atoms with Crippen molar-refractivity contribution < 1.29 is 4.79 Å². The normalized spacial score (nSPS) is 9.73. The molecule has 0 aliphatic carbocycles. The predicted octanol–water partition coefficient (Wildman–Crippen LogP) is -0.0510. The number of nitrogens with one attached hydrogen (secondary N) is 1. The molecule has 1 rings (SSSR count). The predicted molar refractivity (Wildman–Crippen MR) is 58.2 cm³/mol. The van der Waals surface area contributed by atoms with Crippen molar-refractivity contribution in [2.45, 2.75) is 6.42 Å². The monoisotopic (exact) mass is 209 g/mol. The van der Waals surface area contributed by atoms with Gasteiger partial charge in [0.25, 0.3) is 0 Å². The SMILES string of the molecule is CN(C)C(=O)CCNc1cc(N)ncn1. The van der Waals surface area contributed by atoms with E-state index in [0.717, 1.165) is 0 Å². The van der Waals surface area contributed by atoms with Gasteiger partial charge in [-0.25, -0.2) is 9.97 Å². The summed E-state index contributed by atoms with van der Waals surface area (Å²) in [4.78, 5) is 20.5. The molecule has 1 amide bonds. The Bertz CT molecular complexity index is 339. The van der Waals surface area contributed by atoms with Crippen molar-refractivity contribution in [3.63, 3.8) is 0 Å². The van der Waals surface area contributed by atoms with E-state index in [4.69, 9.17) is 5.73 Å². The number of rotatable bonds is 4. The Balaban J connectivity index is 2.35. The van der Waals surface area contributed by atoms with Crippen molar-refractivity contribution >= 4 is 17.5 Å². The van der Waals surface area contributed by atoms with Crippen LogP contribution in [0.2, 0.25) is 0 Å². The van der Waals surface area contributed by atoms with Gasteiger partial charge in [0, 0.05) is 33.1 Å². The van der Waals surface area contributed by atoms with E-state index >= 15 is 0 Å². The number of aromatic nitrogens is 2. The summed E-state index contributed by atoms with van der Waals surface area (Å²) in [6.07, 6.45) is 1.81. The van der Waals surface area contributed by atoms with Crippen LogP contribution in [-0.2, 0) is 4.79 Å². The van der Waals surface area contributed by atoms with Gasteiger partial charge in [-0.15, -0.1) is 0 Å². The van der Waals surface area contributed by atoms with Crippen molar-refractivity contribution in [2.75, 3.05) is 31.7 Å². The summed E-state index contributed by atoms with van der Waals surface area (Å²) in [5, 5.41) is 2.99. The van der Waals surface area contributed by atoms with Gasteiger partial charge in [0.1, 0.15) is 18.0 Å². The Hall–Kier alpha value is -1.85. The number of carbonyl (C=O) groups is 1. The third-order valence-electron chi connectivity index (χ3n) is 1.83. The van der Waals surface area contributed by atoms with Crippen molar-refractivity contribution in [3.8, 4) is 0 Å².